The fraction of sp³-hybridized carbons (Fsp3) is 0.235. The molecule has 0 saturated carbocycles. The molecule has 0 fully saturated rings. The molecule has 0 spiro atoms. The number of nitrogens with one attached hydrogen (secondary N) is 2. The van der Waals surface area contributed by atoms with Gasteiger partial charge in [-0.05, 0) is 31.2 Å². The molecule has 3 aromatic rings. The smallest absolute Gasteiger partial charge is 0.257 e. The maximum absolute atomic E-state index is 13.2. The van der Waals surface area contributed by atoms with Gasteiger partial charge in [0.15, 0.2) is 0 Å². The van der Waals surface area contributed by atoms with E-state index < -0.39 is 0 Å². The summed E-state index contributed by atoms with van der Waals surface area (Å²) >= 11 is 0. The Labute approximate surface area is 138 Å². The second-order valence-corrected chi connectivity index (χ2v) is 5.51. The van der Waals surface area contributed by atoms with Crippen LogP contribution in [0.2, 0.25) is 0 Å². The Morgan fingerprint density at radius 1 is 1.29 bits per heavy atom. The number of carbonyl (C=O) groups excluding carboxylic acids is 1. The predicted octanol–water partition coefficient (Wildman–Crippen LogP) is 2.80. The molecule has 0 aliphatic heterocycles. The molecule has 0 atom stereocenters. The van der Waals surface area contributed by atoms with E-state index >= 15 is 0 Å². The zero-order valence-electron chi connectivity index (χ0n) is 13.5. The van der Waals surface area contributed by atoms with Crippen molar-refractivity contribution in [2.75, 3.05) is 18.9 Å². The number of benzene rings is 1. The number of carbonyl (C=O) groups is 1. The zero-order chi connectivity index (χ0) is 17.1. The predicted molar refractivity (Wildman–Crippen MR) is 90.2 cm³/mol. The molecule has 2 aromatic heterocycles. The van der Waals surface area contributed by atoms with Gasteiger partial charge in [-0.25, -0.2) is 14.4 Å². The maximum Gasteiger partial charge on any atom is 0.257 e. The van der Waals surface area contributed by atoms with Crippen molar-refractivity contribution >= 4 is 22.8 Å². The number of nitrogens with zero attached hydrogens (tertiary/aromatic N) is 3. The van der Waals surface area contributed by atoms with Crippen LogP contribution in [0.1, 0.15) is 23.0 Å². The Kier molecular flexibility index (Phi) is 4.41. The van der Waals surface area contributed by atoms with E-state index in [1.807, 2.05) is 13.0 Å². The number of anilines is 1. The molecule has 1 amide bonds. The number of amides is 1. The van der Waals surface area contributed by atoms with Crippen molar-refractivity contribution in [2.45, 2.75) is 13.5 Å². The van der Waals surface area contributed by atoms with Crippen LogP contribution >= 0.6 is 0 Å². The van der Waals surface area contributed by atoms with E-state index in [0.717, 1.165) is 16.6 Å². The molecule has 1 aromatic carbocycles. The molecular weight excluding hydrogens is 309 g/mol. The highest BCUT2D eigenvalue weighted by molar-refractivity contribution is 5.93. The van der Waals surface area contributed by atoms with E-state index in [1.165, 1.54) is 24.5 Å². The van der Waals surface area contributed by atoms with E-state index in [-0.39, 0.29) is 11.7 Å². The molecule has 0 aliphatic rings. The second kappa shape index (κ2) is 6.66. The molecule has 0 unspecified atom stereocenters. The van der Waals surface area contributed by atoms with Gasteiger partial charge >= 0.3 is 0 Å². The number of hydrogen-bond donors (Lipinski definition) is 2. The highest BCUT2D eigenvalue weighted by atomic mass is 19.1. The van der Waals surface area contributed by atoms with Crippen LogP contribution in [-0.4, -0.2) is 39.4 Å². The fourth-order valence-electron chi connectivity index (χ4n) is 2.48. The third-order valence-electron chi connectivity index (χ3n) is 3.63. The Morgan fingerprint density at radius 2 is 2.04 bits per heavy atom. The van der Waals surface area contributed by atoms with E-state index in [0.29, 0.717) is 24.6 Å². The van der Waals surface area contributed by atoms with Gasteiger partial charge in [0.2, 0.25) is 5.95 Å². The van der Waals surface area contributed by atoms with Gasteiger partial charge in [0, 0.05) is 42.6 Å². The highest BCUT2D eigenvalue weighted by Crippen LogP contribution is 2.18. The zero-order valence-corrected chi connectivity index (χ0v) is 13.5. The number of aromatic nitrogens is 3. The molecule has 0 bridgehead atoms. The third kappa shape index (κ3) is 3.34. The van der Waals surface area contributed by atoms with Crippen LogP contribution in [0.15, 0.2) is 36.7 Å². The van der Waals surface area contributed by atoms with Crippen LogP contribution < -0.4 is 5.32 Å². The lowest BCUT2D eigenvalue weighted by molar-refractivity contribution is 0.0783. The normalized spacial score (nSPS) is 10.8. The lowest BCUT2D eigenvalue weighted by atomic mass is 10.2. The molecular formula is C17H18FN5O. The summed E-state index contributed by atoms with van der Waals surface area (Å²) in [5.41, 5.74) is 2.09. The van der Waals surface area contributed by atoms with Gasteiger partial charge < -0.3 is 15.2 Å². The molecule has 0 radical (unpaired) electrons. The number of H-pyrrole nitrogens is 1. The van der Waals surface area contributed by atoms with Crippen LogP contribution in [0.5, 0.6) is 0 Å². The Balaban J connectivity index is 1.72. The average molecular weight is 327 g/mol. The number of aromatic amines is 1. The fourth-order valence-corrected chi connectivity index (χ4v) is 2.48. The summed E-state index contributed by atoms with van der Waals surface area (Å²) in [4.78, 5) is 25.4. The minimum absolute atomic E-state index is 0.178. The largest absolute Gasteiger partial charge is 0.357 e. The first kappa shape index (κ1) is 15.9. The third-order valence-corrected chi connectivity index (χ3v) is 3.63. The lowest BCUT2D eigenvalue weighted by Crippen LogP contribution is -2.26. The van der Waals surface area contributed by atoms with Crippen molar-refractivity contribution in [3.05, 3.63) is 53.7 Å². The summed E-state index contributed by atoms with van der Waals surface area (Å²) in [7, 11) is 1.70. The van der Waals surface area contributed by atoms with Crippen LogP contribution in [0.3, 0.4) is 0 Å². The van der Waals surface area contributed by atoms with Crippen molar-refractivity contribution in [1.29, 1.82) is 0 Å². The van der Waals surface area contributed by atoms with E-state index in [9.17, 15) is 9.18 Å². The number of hydrogen-bond acceptors (Lipinski definition) is 4. The Hall–Kier alpha value is -2.96. The Morgan fingerprint density at radius 3 is 2.75 bits per heavy atom. The van der Waals surface area contributed by atoms with E-state index in [4.69, 9.17) is 0 Å². The summed E-state index contributed by atoms with van der Waals surface area (Å²) in [6.07, 6.45) is 3.01. The van der Waals surface area contributed by atoms with Gasteiger partial charge in [-0.2, -0.15) is 0 Å². The minimum Gasteiger partial charge on any atom is -0.357 e. The molecule has 24 heavy (non-hydrogen) atoms. The lowest BCUT2D eigenvalue weighted by Gasteiger charge is -2.16. The summed E-state index contributed by atoms with van der Waals surface area (Å²) < 4.78 is 13.2. The van der Waals surface area contributed by atoms with Crippen molar-refractivity contribution in [1.82, 2.24) is 19.9 Å². The van der Waals surface area contributed by atoms with Crippen LogP contribution in [0.25, 0.3) is 10.9 Å². The number of rotatable bonds is 5. The van der Waals surface area contributed by atoms with E-state index in [1.54, 1.807) is 18.0 Å². The molecule has 0 saturated heterocycles. The first-order valence-electron chi connectivity index (χ1n) is 7.65. The van der Waals surface area contributed by atoms with Gasteiger partial charge in [-0.3, -0.25) is 4.79 Å². The minimum atomic E-state index is -0.282. The van der Waals surface area contributed by atoms with Crippen LogP contribution in [0, 0.1) is 5.82 Å². The summed E-state index contributed by atoms with van der Waals surface area (Å²) in [6, 6.07) is 6.39. The highest BCUT2D eigenvalue weighted by Gasteiger charge is 2.14. The van der Waals surface area contributed by atoms with Crippen molar-refractivity contribution in [2.24, 2.45) is 0 Å². The molecule has 7 heteroatoms. The Bertz CT molecular complexity index is 859. The monoisotopic (exact) mass is 327 g/mol. The van der Waals surface area contributed by atoms with Crippen LogP contribution in [-0.2, 0) is 6.54 Å². The molecule has 3 rings (SSSR count). The summed E-state index contributed by atoms with van der Waals surface area (Å²) in [5, 5.41) is 3.76. The van der Waals surface area contributed by atoms with Gasteiger partial charge in [0.25, 0.3) is 5.91 Å². The molecule has 124 valence electrons. The standard InChI is InChI=1S/C17H18FN5O/c1-3-19-17-20-8-12(9-21-17)16(24)23(2)10-14-7-11-6-13(18)4-5-15(11)22-14/h4-9,22H,3,10H2,1-2H3,(H,19,20,21). The SMILES string of the molecule is CCNc1ncc(C(=O)N(C)Cc2cc3cc(F)ccc3[nH]2)cn1. The maximum atomic E-state index is 13.2. The topological polar surface area (TPSA) is 73.9 Å². The number of fused-ring (bicyclic) bond motifs is 1. The average Bonchev–Trinajstić information content (AvgIpc) is 2.96. The van der Waals surface area contributed by atoms with Gasteiger partial charge in [-0.15, -0.1) is 0 Å². The summed E-state index contributed by atoms with van der Waals surface area (Å²) in [5.74, 6) is 0.0349. The molecule has 2 heterocycles. The van der Waals surface area contributed by atoms with Crippen LogP contribution in [0.4, 0.5) is 10.3 Å². The van der Waals surface area contributed by atoms with Crippen molar-refractivity contribution in [3.63, 3.8) is 0 Å². The summed E-state index contributed by atoms with van der Waals surface area (Å²) in [6.45, 7) is 3.04. The first-order valence-corrected chi connectivity index (χ1v) is 7.65. The molecule has 0 aliphatic carbocycles. The molecule has 6 nitrogen and oxygen atoms in total. The van der Waals surface area contributed by atoms with Gasteiger partial charge in [0.05, 0.1) is 12.1 Å². The quantitative estimate of drug-likeness (QED) is 0.756. The van der Waals surface area contributed by atoms with Crippen molar-refractivity contribution < 1.29 is 9.18 Å². The number of halogens is 1. The second-order valence-electron chi connectivity index (χ2n) is 5.51. The van der Waals surface area contributed by atoms with Crippen molar-refractivity contribution in [3.8, 4) is 0 Å². The van der Waals surface area contributed by atoms with Gasteiger partial charge in [0.1, 0.15) is 5.82 Å². The van der Waals surface area contributed by atoms with E-state index in [2.05, 4.69) is 20.3 Å². The first-order chi connectivity index (χ1) is 11.6. The molecule has 2 N–H and O–H groups in total. The van der Waals surface area contributed by atoms with Gasteiger partial charge in [-0.1, -0.05) is 0 Å².